The van der Waals surface area contributed by atoms with Crippen molar-refractivity contribution >= 4 is 17.2 Å². The molecule has 0 radical (unpaired) electrons. The Morgan fingerprint density at radius 2 is 2.12 bits per heavy atom. The summed E-state index contributed by atoms with van der Waals surface area (Å²) in [4.78, 5) is 16.5. The first-order valence-electron chi connectivity index (χ1n) is 7.49. The van der Waals surface area contributed by atoms with Gasteiger partial charge in [-0.2, -0.15) is 13.2 Å². The molecule has 1 heterocycles. The highest BCUT2D eigenvalue weighted by Gasteiger charge is 2.42. The molecule has 0 aliphatic heterocycles. The predicted molar refractivity (Wildman–Crippen MR) is 84.4 cm³/mol. The average Bonchev–Trinajstić information content (AvgIpc) is 2.99. The molecule has 1 aromatic heterocycles. The lowest BCUT2D eigenvalue weighted by Crippen LogP contribution is -2.51. The maximum Gasteiger partial charge on any atom is 0.416 e. The van der Waals surface area contributed by atoms with Crippen molar-refractivity contribution in [2.24, 2.45) is 5.73 Å². The van der Waals surface area contributed by atoms with Crippen molar-refractivity contribution in [2.75, 3.05) is 0 Å². The molecule has 2 aromatic rings. The third-order valence-corrected chi connectivity index (χ3v) is 5.13. The third-order valence-electron chi connectivity index (χ3n) is 4.26. The maximum absolute atomic E-state index is 12.9. The summed E-state index contributed by atoms with van der Waals surface area (Å²) in [5.74, 6) is -0.386. The molecule has 24 heavy (non-hydrogen) atoms. The van der Waals surface area contributed by atoms with Crippen LogP contribution in [0.5, 0.6) is 0 Å². The van der Waals surface area contributed by atoms with Crippen LogP contribution in [0.4, 0.5) is 13.2 Å². The highest BCUT2D eigenvalue weighted by molar-refractivity contribution is 7.09. The van der Waals surface area contributed by atoms with Crippen LogP contribution < -0.4 is 11.1 Å². The highest BCUT2D eigenvalue weighted by atomic mass is 32.1. The number of halogens is 3. The van der Waals surface area contributed by atoms with Crippen molar-refractivity contribution < 1.29 is 18.0 Å². The molecule has 4 nitrogen and oxygen atoms in total. The zero-order valence-electron chi connectivity index (χ0n) is 12.7. The number of carbonyl (C=O) groups excluding carboxylic acids is 1. The lowest BCUT2D eigenvalue weighted by atomic mass is 9.71. The van der Waals surface area contributed by atoms with Gasteiger partial charge >= 0.3 is 6.18 Å². The van der Waals surface area contributed by atoms with Crippen molar-refractivity contribution in [3.63, 3.8) is 0 Å². The molecule has 3 rings (SSSR count). The molecular formula is C16H16F3N3OS. The molecule has 0 spiro atoms. The molecule has 1 aliphatic rings. The van der Waals surface area contributed by atoms with E-state index in [-0.39, 0.29) is 18.1 Å². The maximum atomic E-state index is 12.9. The molecule has 1 fully saturated rings. The second kappa shape index (κ2) is 6.18. The Balaban J connectivity index is 1.86. The summed E-state index contributed by atoms with van der Waals surface area (Å²) in [7, 11) is 0. The summed E-state index contributed by atoms with van der Waals surface area (Å²) in [6, 6.07) is 5.15. The van der Waals surface area contributed by atoms with Gasteiger partial charge in [-0.25, -0.2) is 4.98 Å². The van der Waals surface area contributed by atoms with E-state index in [1.165, 1.54) is 17.4 Å². The SMILES string of the molecule is NCc1nc(C(=O)NC2(c3cccc(C(F)(F)F)c3)CCC2)cs1. The Morgan fingerprint density at radius 1 is 1.38 bits per heavy atom. The average molecular weight is 355 g/mol. The van der Waals surface area contributed by atoms with E-state index >= 15 is 0 Å². The first-order chi connectivity index (χ1) is 11.3. The number of benzene rings is 1. The summed E-state index contributed by atoms with van der Waals surface area (Å²) in [5, 5.41) is 5.12. The molecule has 1 aromatic carbocycles. The van der Waals surface area contributed by atoms with Gasteiger partial charge in [-0.05, 0) is 37.0 Å². The van der Waals surface area contributed by atoms with Crippen LogP contribution in [0.25, 0.3) is 0 Å². The van der Waals surface area contributed by atoms with E-state index in [9.17, 15) is 18.0 Å². The largest absolute Gasteiger partial charge is 0.416 e. The van der Waals surface area contributed by atoms with Gasteiger partial charge in [0.2, 0.25) is 0 Å². The van der Waals surface area contributed by atoms with Crippen LogP contribution in [0.2, 0.25) is 0 Å². The van der Waals surface area contributed by atoms with Crippen LogP contribution in [0, 0.1) is 0 Å². The van der Waals surface area contributed by atoms with Gasteiger partial charge in [0.05, 0.1) is 11.1 Å². The number of nitrogens with one attached hydrogen (secondary N) is 1. The van der Waals surface area contributed by atoms with E-state index in [0.717, 1.165) is 18.6 Å². The summed E-state index contributed by atoms with van der Waals surface area (Å²) < 4.78 is 38.8. The second-order valence-corrected chi connectivity index (χ2v) is 6.74. The second-order valence-electron chi connectivity index (χ2n) is 5.80. The zero-order chi connectivity index (χ0) is 17.4. The minimum Gasteiger partial charge on any atom is -0.341 e. The molecule has 128 valence electrons. The number of rotatable bonds is 4. The van der Waals surface area contributed by atoms with Gasteiger partial charge in [0, 0.05) is 11.9 Å². The first-order valence-corrected chi connectivity index (χ1v) is 8.37. The van der Waals surface area contributed by atoms with Crippen molar-refractivity contribution in [1.82, 2.24) is 10.3 Å². The fraction of sp³-hybridized carbons (Fsp3) is 0.375. The number of amides is 1. The number of alkyl halides is 3. The number of carbonyl (C=O) groups is 1. The molecule has 3 N–H and O–H groups in total. The molecule has 0 saturated heterocycles. The van der Waals surface area contributed by atoms with E-state index in [1.54, 1.807) is 11.4 Å². The lowest BCUT2D eigenvalue weighted by Gasteiger charge is -2.43. The molecular weight excluding hydrogens is 339 g/mol. The minimum absolute atomic E-state index is 0.247. The number of nitrogens with two attached hydrogens (primary N) is 1. The van der Waals surface area contributed by atoms with Gasteiger partial charge in [0.1, 0.15) is 10.7 Å². The number of hydrogen-bond donors (Lipinski definition) is 2. The molecule has 0 unspecified atom stereocenters. The molecule has 8 heteroatoms. The van der Waals surface area contributed by atoms with E-state index in [2.05, 4.69) is 10.3 Å². The Bertz CT molecular complexity index is 753. The fourth-order valence-electron chi connectivity index (χ4n) is 2.80. The molecule has 0 bridgehead atoms. The normalized spacial score (nSPS) is 16.5. The Morgan fingerprint density at radius 3 is 2.67 bits per heavy atom. The van der Waals surface area contributed by atoms with E-state index < -0.39 is 17.3 Å². The van der Waals surface area contributed by atoms with Gasteiger partial charge in [0.15, 0.2) is 0 Å². The van der Waals surface area contributed by atoms with Crippen LogP contribution in [0.15, 0.2) is 29.6 Å². The van der Waals surface area contributed by atoms with Gasteiger partial charge in [-0.15, -0.1) is 11.3 Å². The molecule has 1 saturated carbocycles. The monoisotopic (exact) mass is 355 g/mol. The van der Waals surface area contributed by atoms with E-state index in [0.29, 0.717) is 23.4 Å². The smallest absolute Gasteiger partial charge is 0.341 e. The molecule has 1 aliphatic carbocycles. The summed E-state index contributed by atoms with van der Waals surface area (Å²) in [6.45, 7) is 0.247. The molecule has 0 atom stereocenters. The van der Waals surface area contributed by atoms with Gasteiger partial charge in [0.25, 0.3) is 5.91 Å². The quantitative estimate of drug-likeness (QED) is 0.883. The summed E-state index contributed by atoms with van der Waals surface area (Å²) in [5.41, 5.74) is 4.74. The third kappa shape index (κ3) is 3.16. The van der Waals surface area contributed by atoms with Crippen LogP contribution in [-0.2, 0) is 18.3 Å². The Labute approximate surface area is 140 Å². The minimum atomic E-state index is -4.41. The number of aromatic nitrogens is 1. The zero-order valence-corrected chi connectivity index (χ0v) is 13.5. The molecule has 1 amide bonds. The lowest BCUT2D eigenvalue weighted by molar-refractivity contribution is -0.137. The van der Waals surface area contributed by atoms with Crippen molar-refractivity contribution in [3.8, 4) is 0 Å². The van der Waals surface area contributed by atoms with Gasteiger partial charge < -0.3 is 11.1 Å². The first kappa shape index (κ1) is 16.9. The Hall–Kier alpha value is -1.93. The van der Waals surface area contributed by atoms with Gasteiger partial charge in [-0.1, -0.05) is 12.1 Å². The van der Waals surface area contributed by atoms with Crippen LogP contribution in [0.3, 0.4) is 0 Å². The predicted octanol–water partition coefficient (Wildman–Crippen LogP) is 3.43. The standard InChI is InChI=1S/C16H16F3N3OS/c17-16(18,19)11-4-1-3-10(7-11)15(5-2-6-15)22-14(23)12-9-24-13(8-20)21-12/h1,3-4,7,9H,2,5-6,8,20H2,(H,22,23). The van der Waals surface area contributed by atoms with Crippen molar-refractivity contribution in [1.29, 1.82) is 0 Å². The van der Waals surface area contributed by atoms with E-state index in [1.807, 2.05) is 0 Å². The number of nitrogens with zero attached hydrogens (tertiary/aromatic N) is 1. The number of thiazole rings is 1. The van der Waals surface area contributed by atoms with Crippen LogP contribution in [0.1, 0.15) is 45.9 Å². The van der Waals surface area contributed by atoms with Crippen molar-refractivity contribution in [2.45, 2.75) is 37.5 Å². The van der Waals surface area contributed by atoms with Gasteiger partial charge in [-0.3, -0.25) is 4.79 Å². The Kier molecular flexibility index (Phi) is 4.35. The fourth-order valence-corrected chi connectivity index (χ4v) is 3.45. The van der Waals surface area contributed by atoms with Crippen molar-refractivity contribution in [3.05, 3.63) is 51.5 Å². The van der Waals surface area contributed by atoms with Crippen LogP contribution in [-0.4, -0.2) is 10.9 Å². The summed E-state index contributed by atoms with van der Waals surface area (Å²) in [6.07, 6.45) is -2.35. The van der Waals surface area contributed by atoms with E-state index in [4.69, 9.17) is 5.73 Å². The van der Waals surface area contributed by atoms with Crippen LogP contribution >= 0.6 is 11.3 Å². The topological polar surface area (TPSA) is 68.0 Å². The highest BCUT2D eigenvalue weighted by Crippen LogP contribution is 2.43. The number of hydrogen-bond acceptors (Lipinski definition) is 4. The summed E-state index contributed by atoms with van der Waals surface area (Å²) >= 11 is 1.29.